The van der Waals surface area contributed by atoms with Gasteiger partial charge in [0.25, 0.3) is 11.5 Å². The minimum Gasteiger partial charge on any atom is -0.295 e. The van der Waals surface area contributed by atoms with Crippen molar-refractivity contribution < 1.29 is 4.79 Å². The normalized spacial score (nSPS) is 11.0. The number of nitrogens with one attached hydrogen (secondary N) is 2. The van der Waals surface area contributed by atoms with Crippen LogP contribution in [0, 0.1) is 13.8 Å². The summed E-state index contributed by atoms with van der Waals surface area (Å²) in [6.07, 6.45) is 4.36. The van der Waals surface area contributed by atoms with Gasteiger partial charge in [-0.25, -0.2) is 10.1 Å². The van der Waals surface area contributed by atoms with Crippen LogP contribution >= 0.6 is 15.9 Å². The maximum atomic E-state index is 12.6. The van der Waals surface area contributed by atoms with Crippen LogP contribution in [0.5, 0.6) is 0 Å². The Morgan fingerprint density at radius 2 is 2.15 bits per heavy atom. The molecular formula is C18H16BrN5O2. The van der Waals surface area contributed by atoms with Crippen LogP contribution in [-0.2, 0) is 0 Å². The molecule has 0 saturated carbocycles. The first-order valence-electron chi connectivity index (χ1n) is 7.79. The first-order valence-corrected chi connectivity index (χ1v) is 8.58. The van der Waals surface area contributed by atoms with Crippen LogP contribution in [0.2, 0.25) is 0 Å². The summed E-state index contributed by atoms with van der Waals surface area (Å²) in [4.78, 5) is 28.5. The molecule has 0 spiro atoms. The Hall–Kier alpha value is -3.00. The van der Waals surface area contributed by atoms with Crippen LogP contribution in [0.4, 0.5) is 0 Å². The van der Waals surface area contributed by atoms with Crippen molar-refractivity contribution in [2.75, 3.05) is 0 Å². The predicted octanol–water partition coefficient (Wildman–Crippen LogP) is 2.70. The van der Waals surface area contributed by atoms with E-state index in [0.717, 1.165) is 15.7 Å². The standard InChI is InChI=1S/C18H16BrN5O2/c1-11-8-14(5-6-16(11)19)24-18(26)15(12(2)23-24)10-21-22-17(25)13-4-3-7-20-9-13/h3-10,23H,1-2H3,(H,22,25). The number of aryl methyl sites for hydroxylation is 2. The van der Waals surface area contributed by atoms with Gasteiger partial charge in [0.15, 0.2) is 0 Å². The molecule has 8 heteroatoms. The molecule has 1 aromatic carbocycles. The molecule has 0 saturated heterocycles. The van der Waals surface area contributed by atoms with Crippen LogP contribution in [0.1, 0.15) is 27.2 Å². The Balaban J connectivity index is 1.83. The molecule has 26 heavy (non-hydrogen) atoms. The first kappa shape index (κ1) is 17.8. The number of aromatic nitrogens is 3. The molecule has 0 aliphatic carbocycles. The molecule has 2 N–H and O–H groups in total. The minimum absolute atomic E-state index is 0.247. The molecule has 1 amide bonds. The van der Waals surface area contributed by atoms with Gasteiger partial charge in [0.1, 0.15) is 0 Å². The highest BCUT2D eigenvalue weighted by Crippen LogP contribution is 2.18. The number of pyridine rings is 1. The number of nitrogens with zero attached hydrogens (tertiary/aromatic N) is 3. The van der Waals surface area contributed by atoms with E-state index in [0.29, 0.717) is 16.8 Å². The van der Waals surface area contributed by atoms with Gasteiger partial charge in [-0.1, -0.05) is 15.9 Å². The number of carbonyl (C=O) groups excluding carboxylic acids is 1. The molecule has 2 heterocycles. The van der Waals surface area contributed by atoms with Crippen LogP contribution < -0.4 is 11.0 Å². The maximum absolute atomic E-state index is 12.6. The number of H-pyrrole nitrogens is 1. The Bertz CT molecular complexity index is 1040. The van der Waals surface area contributed by atoms with Crippen LogP contribution in [0.3, 0.4) is 0 Å². The number of hydrogen-bond donors (Lipinski definition) is 2. The quantitative estimate of drug-likeness (QED) is 0.508. The van der Waals surface area contributed by atoms with E-state index >= 15 is 0 Å². The third-order valence-electron chi connectivity index (χ3n) is 3.80. The lowest BCUT2D eigenvalue weighted by molar-refractivity contribution is 0.0955. The number of rotatable bonds is 4. The van der Waals surface area contributed by atoms with Crippen molar-refractivity contribution in [1.29, 1.82) is 0 Å². The summed E-state index contributed by atoms with van der Waals surface area (Å²) in [5, 5.41) is 6.91. The Morgan fingerprint density at radius 1 is 1.35 bits per heavy atom. The summed E-state index contributed by atoms with van der Waals surface area (Å²) in [5.41, 5.74) is 5.29. The largest absolute Gasteiger partial charge is 0.295 e. The molecule has 0 radical (unpaired) electrons. The van der Waals surface area contributed by atoms with E-state index in [1.54, 1.807) is 25.3 Å². The Kier molecular flexibility index (Phi) is 5.13. The second-order valence-electron chi connectivity index (χ2n) is 5.67. The van der Waals surface area contributed by atoms with E-state index in [-0.39, 0.29) is 5.56 Å². The molecule has 0 bridgehead atoms. The van der Waals surface area contributed by atoms with Crippen molar-refractivity contribution in [3.63, 3.8) is 0 Å². The van der Waals surface area contributed by atoms with Gasteiger partial charge in [-0.05, 0) is 49.7 Å². The number of carbonyl (C=O) groups is 1. The topological polar surface area (TPSA) is 92.1 Å². The van der Waals surface area contributed by atoms with Gasteiger partial charge in [-0.2, -0.15) is 5.10 Å². The molecular weight excluding hydrogens is 398 g/mol. The third kappa shape index (κ3) is 3.65. The first-order chi connectivity index (χ1) is 12.5. The molecule has 0 unspecified atom stereocenters. The van der Waals surface area contributed by atoms with Gasteiger partial charge in [-0.15, -0.1) is 0 Å². The van der Waals surface area contributed by atoms with E-state index in [9.17, 15) is 9.59 Å². The van der Waals surface area contributed by atoms with Gasteiger partial charge in [0.2, 0.25) is 0 Å². The van der Waals surface area contributed by atoms with E-state index in [1.165, 1.54) is 17.1 Å². The predicted molar refractivity (Wildman–Crippen MR) is 103 cm³/mol. The second kappa shape index (κ2) is 7.49. The summed E-state index contributed by atoms with van der Waals surface area (Å²) in [7, 11) is 0. The molecule has 3 rings (SSSR count). The molecule has 132 valence electrons. The van der Waals surface area contributed by atoms with Gasteiger partial charge in [-0.3, -0.25) is 19.7 Å². The summed E-state index contributed by atoms with van der Waals surface area (Å²) >= 11 is 3.44. The molecule has 3 aromatic rings. The second-order valence-corrected chi connectivity index (χ2v) is 6.52. The summed E-state index contributed by atoms with van der Waals surface area (Å²) in [6, 6.07) is 8.90. The van der Waals surface area contributed by atoms with E-state index in [4.69, 9.17) is 0 Å². The Labute approximate surface area is 157 Å². The highest BCUT2D eigenvalue weighted by Gasteiger charge is 2.11. The average Bonchev–Trinajstić information content (AvgIpc) is 2.93. The number of halogens is 1. The highest BCUT2D eigenvalue weighted by molar-refractivity contribution is 9.10. The van der Waals surface area contributed by atoms with Crippen molar-refractivity contribution in [3.05, 3.63) is 79.9 Å². The Morgan fingerprint density at radius 3 is 2.85 bits per heavy atom. The van der Waals surface area contributed by atoms with Crippen LogP contribution in [-0.4, -0.2) is 26.9 Å². The zero-order valence-electron chi connectivity index (χ0n) is 14.2. The number of amides is 1. The van der Waals surface area contributed by atoms with Crippen molar-refractivity contribution in [2.45, 2.75) is 13.8 Å². The smallest absolute Gasteiger partial charge is 0.280 e. The van der Waals surface area contributed by atoms with Gasteiger partial charge >= 0.3 is 0 Å². The molecule has 2 aromatic heterocycles. The fraction of sp³-hybridized carbons (Fsp3) is 0.111. The lowest BCUT2D eigenvalue weighted by Crippen LogP contribution is -2.20. The van der Waals surface area contributed by atoms with Crippen molar-refractivity contribution in [3.8, 4) is 5.69 Å². The van der Waals surface area contributed by atoms with Crippen LogP contribution in [0.15, 0.2) is 57.1 Å². The maximum Gasteiger partial charge on any atom is 0.280 e. The minimum atomic E-state index is -0.397. The number of hydrazone groups is 1. The molecule has 0 aliphatic heterocycles. The zero-order valence-corrected chi connectivity index (χ0v) is 15.7. The fourth-order valence-corrected chi connectivity index (χ4v) is 2.63. The number of benzene rings is 1. The lowest BCUT2D eigenvalue weighted by Gasteiger charge is -2.04. The molecule has 7 nitrogen and oxygen atoms in total. The highest BCUT2D eigenvalue weighted by atomic mass is 79.9. The summed E-state index contributed by atoms with van der Waals surface area (Å²) < 4.78 is 2.41. The monoisotopic (exact) mass is 413 g/mol. The number of hydrogen-bond acceptors (Lipinski definition) is 4. The fourth-order valence-electron chi connectivity index (χ4n) is 2.38. The molecule has 0 aliphatic rings. The van der Waals surface area contributed by atoms with Gasteiger partial charge in [0.05, 0.1) is 23.0 Å². The SMILES string of the molecule is Cc1cc(-n2[nH]c(C)c(C=NNC(=O)c3cccnc3)c2=O)ccc1Br. The van der Waals surface area contributed by atoms with Crippen LogP contribution in [0.25, 0.3) is 5.69 Å². The zero-order chi connectivity index (χ0) is 18.7. The third-order valence-corrected chi connectivity index (χ3v) is 4.69. The van der Waals surface area contributed by atoms with E-state index in [2.05, 4.69) is 36.5 Å². The number of aromatic amines is 1. The summed E-state index contributed by atoms with van der Waals surface area (Å²) in [5.74, 6) is -0.397. The van der Waals surface area contributed by atoms with E-state index < -0.39 is 5.91 Å². The molecule has 0 fully saturated rings. The van der Waals surface area contributed by atoms with Crippen molar-refractivity contribution >= 4 is 28.1 Å². The average molecular weight is 414 g/mol. The van der Waals surface area contributed by atoms with E-state index in [1.807, 2.05) is 25.1 Å². The van der Waals surface area contributed by atoms with Gasteiger partial charge in [0, 0.05) is 22.6 Å². The summed E-state index contributed by atoms with van der Waals surface area (Å²) in [6.45, 7) is 3.72. The van der Waals surface area contributed by atoms with Crippen molar-refractivity contribution in [1.82, 2.24) is 20.2 Å². The molecule has 0 atom stereocenters. The van der Waals surface area contributed by atoms with Gasteiger partial charge < -0.3 is 0 Å². The van der Waals surface area contributed by atoms with Crippen molar-refractivity contribution in [2.24, 2.45) is 5.10 Å². The lowest BCUT2D eigenvalue weighted by atomic mass is 10.2.